The van der Waals surface area contributed by atoms with Gasteiger partial charge >= 0.3 is 0 Å². The highest BCUT2D eigenvalue weighted by molar-refractivity contribution is 6.33. The largest absolute Gasteiger partial charge is 0.392 e. The third-order valence-electron chi connectivity index (χ3n) is 1.36. The molecule has 1 atom stereocenters. The van der Waals surface area contributed by atoms with Crippen molar-refractivity contribution < 1.29 is 5.11 Å². The predicted molar refractivity (Wildman–Crippen MR) is 49.4 cm³/mol. The fourth-order valence-corrected chi connectivity index (χ4v) is 0.962. The molecule has 3 nitrogen and oxygen atoms in total. The second-order valence-electron chi connectivity index (χ2n) is 2.59. The molecule has 2 N–H and O–H groups in total. The summed E-state index contributed by atoms with van der Waals surface area (Å²) in [5, 5.41) is 12.5. The Labute approximate surface area is 76.4 Å². The van der Waals surface area contributed by atoms with E-state index in [9.17, 15) is 0 Å². The maximum absolute atomic E-state index is 8.98. The summed E-state index contributed by atoms with van der Waals surface area (Å²) in [6.45, 7) is 2.20. The van der Waals surface area contributed by atoms with Crippen LogP contribution >= 0.6 is 11.6 Å². The smallest absolute Gasteiger partial charge is 0.0820 e. The van der Waals surface area contributed by atoms with Crippen LogP contribution in [0.2, 0.25) is 5.02 Å². The van der Waals surface area contributed by atoms with Crippen molar-refractivity contribution in [2.75, 3.05) is 11.9 Å². The minimum atomic E-state index is -0.380. The summed E-state index contributed by atoms with van der Waals surface area (Å²) in [6, 6.07) is 1.77. The molecule has 0 aliphatic rings. The lowest BCUT2D eigenvalue weighted by Crippen LogP contribution is -2.15. The molecular weight excluding hydrogens is 176 g/mol. The fourth-order valence-electron chi connectivity index (χ4n) is 0.776. The van der Waals surface area contributed by atoms with E-state index < -0.39 is 0 Å². The molecule has 1 aromatic heterocycles. The topological polar surface area (TPSA) is 45.1 Å². The van der Waals surface area contributed by atoms with Gasteiger partial charge in [0.05, 0.1) is 16.8 Å². The summed E-state index contributed by atoms with van der Waals surface area (Å²) < 4.78 is 0. The zero-order chi connectivity index (χ0) is 8.97. The van der Waals surface area contributed by atoms with Gasteiger partial charge in [0.2, 0.25) is 0 Å². The van der Waals surface area contributed by atoms with Crippen LogP contribution in [0.4, 0.5) is 5.69 Å². The second-order valence-corrected chi connectivity index (χ2v) is 2.99. The Morgan fingerprint density at radius 3 is 3.08 bits per heavy atom. The van der Waals surface area contributed by atoms with Crippen LogP contribution in [0.3, 0.4) is 0 Å². The Bertz CT molecular complexity index is 253. The van der Waals surface area contributed by atoms with Gasteiger partial charge < -0.3 is 10.4 Å². The molecular formula is C8H11ClN2O. The van der Waals surface area contributed by atoms with E-state index in [1.165, 1.54) is 0 Å². The minimum absolute atomic E-state index is 0.380. The third-order valence-corrected chi connectivity index (χ3v) is 1.66. The Hall–Kier alpha value is -0.800. The van der Waals surface area contributed by atoms with Gasteiger partial charge in [0.1, 0.15) is 0 Å². The number of halogens is 1. The maximum Gasteiger partial charge on any atom is 0.0820 e. The first-order valence-corrected chi connectivity index (χ1v) is 4.09. The van der Waals surface area contributed by atoms with Crippen LogP contribution in [-0.4, -0.2) is 22.7 Å². The van der Waals surface area contributed by atoms with E-state index in [1.807, 2.05) is 0 Å². The first kappa shape index (κ1) is 9.29. The number of anilines is 1. The highest BCUT2D eigenvalue weighted by atomic mass is 35.5. The summed E-state index contributed by atoms with van der Waals surface area (Å²) in [5.74, 6) is 0. The SMILES string of the molecule is CC(O)CNc1ccncc1Cl. The molecule has 0 aromatic carbocycles. The molecule has 0 bridgehead atoms. The van der Waals surface area contributed by atoms with E-state index in [0.29, 0.717) is 11.6 Å². The van der Waals surface area contributed by atoms with E-state index in [4.69, 9.17) is 16.7 Å². The van der Waals surface area contributed by atoms with Gasteiger partial charge in [0, 0.05) is 18.9 Å². The zero-order valence-electron chi connectivity index (χ0n) is 6.79. The van der Waals surface area contributed by atoms with Crippen LogP contribution in [0.1, 0.15) is 6.92 Å². The van der Waals surface area contributed by atoms with Gasteiger partial charge in [-0.25, -0.2) is 0 Å². The van der Waals surface area contributed by atoms with Gasteiger partial charge in [0.25, 0.3) is 0 Å². The van der Waals surface area contributed by atoms with Crippen molar-refractivity contribution in [1.29, 1.82) is 0 Å². The number of nitrogens with one attached hydrogen (secondary N) is 1. The zero-order valence-corrected chi connectivity index (χ0v) is 7.54. The van der Waals surface area contributed by atoms with Crippen molar-refractivity contribution in [3.8, 4) is 0 Å². The van der Waals surface area contributed by atoms with Crippen molar-refractivity contribution in [2.45, 2.75) is 13.0 Å². The summed E-state index contributed by atoms with van der Waals surface area (Å²) >= 11 is 5.80. The molecule has 66 valence electrons. The monoisotopic (exact) mass is 186 g/mol. The van der Waals surface area contributed by atoms with Crippen LogP contribution < -0.4 is 5.32 Å². The van der Waals surface area contributed by atoms with Crippen LogP contribution in [0, 0.1) is 0 Å². The standard InChI is InChI=1S/C8H11ClN2O/c1-6(12)4-11-8-2-3-10-5-7(8)9/h2-3,5-6,12H,4H2,1H3,(H,10,11). The first-order chi connectivity index (χ1) is 5.70. The molecule has 0 saturated carbocycles. The molecule has 0 fully saturated rings. The number of aromatic nitrogens is 1. The number of aliphatic hydroxyl groups excluding tert-OH is 1. The molecule has 0 spiro atoms. The molecule has 4 heteroatoms. The van der Waals surface area contributed by atoms with Crippen molar-refractivity contribution in [1.82, 2.24) is 4.98 Å². The van der Waals surface area contributed by atoms with Gasteiger partial charge in [-0.2, -0.15) is 0 Å². The second kappa shape index (κ2) is 4.28. The number of nitrogens with zero attached hydrogens (tertiary/aromatic N) is 1. The van der Waals surface area contributed by atoms with Crippen LogP contribution in [0.15, 0.2) is 18.5 Å². The van der Waals surface area contributed by atoms with E-state index in [2.05, 4.69) is 10.3 Å². The van der Waals surface area contributed by atoms with Crippen LogP contribution in [0.5, 0.6) is 0 Å². The van der Waals surface area contributed by atoms with Crippen molar-refractivity contribution in [3.05, 3.63) is 23.5 Å². The van der Waals surface area contributed by atoms with Gasteiger partial charge in [-0.3, -0.25) is 4.98 Å². The van der Waals surface area contributed by atoms with Crippen molar-refractivity contribution in [3.63, 3.8) is 0 Å². The lowest BCUT2D eigenvalue weighted by Gasteiger charge is -2.08. The number of pyridine rings is 1. The third kappa shape index (κ3) is 2.68. The highest BCUT2D eigenvalue weighted by Crippen LogP contribution is 2.18. The van der Waals surface area contributed by atoms with E-state index in [1.54, 1.807) is 25.4 Å². The Kier molecular flexibility index (Phi) is 3.31. The van der Waals surface area contributed by atoms with E-state index in [-0.39, 0.29) is 6.10 Å². The summed E-state index contributed by atoms with van der Waals surface area (Å²) in [5.41, 5.74) is 0.799. The molecule has 1 aromatic rings. The molecule has 0 aliphatic carbocycles. The summed E-state index contributed by atoms with van der Waals surface area (Å²) in [7, 11) is 0. The number of aliphatic hydroxyl groups is 1. The molecule has 0 saturated heterocycles. The minimum Gasteiger partial charge on any atom is -0.392 e. The maximum atomic E-state index is 8.98. The van der Waals surface area contributed by atoms with Gasteiger partial charge in [-0.15, -0.1) is 0 Å². The number of rotatable bonds is 3. The predicted octanol–water partition coefficient (Wildman–Crippen LogP) is 1.53. The van der Waals surface area contributed by atoms with Crippen molar-refractivity contribution >= 4 is 17.3 Å². The van der Waals surface area contributed by atoms with Crippen molar-refractivity contribution in [2.24, 2.45) is 0 Å². The molecule has 1 rings (SSSR count). The first-order valence-electron chi connectivity index (χ1n) is 3.71. The van der Waals surface area contributed by atoms with Gasteiger partial charge in [-0.1, -0.05) is 11.6 Å². The average Bonchev–Trinajstić information content (AvgIpc) is 2.03. The quantitative estimate of drug-likeness (QED) is 0.753. The number of hydrogen-bond acceptors (Lipinski definition) is 3. The van der Waals surface area contributed by atoms with E-state index in [0.717, 1.165) is 5.69 Å². The fraction of sp³-hybridized carbons (Fsp3) is 0.375. The van der Waals surface area contributed by atoms with Crippen LogP contribution in [0.25, 0.3) is 0 Å². The summed E-state index contributed by atoms with van der Waals surface area (Å²) in [4.78, 5) is 3.84. The molecule has 1 heterocycles. The molecule has 0 radical (unpaired) electrons. The van der Waals surface area contributed by atoms with E-state index >= 15 is 0 Å². The normalized spacial score (nSPS) is 12.6. The summed E-state index contributed by atoms with van der Waals surface area (Å²) in [6.07, 6.45) is 2.83. The Morgan fingerprint density at radius 1 is 1.75 bits per heavy atom. The van der Waals surface area contributed by atoms with Gasteiger partial charge in [0.15, 0.2) is 0 Å². The molecule has 0 aliphatic heterocycles. The highest BCUT2D eigenvalue weighted by Gasteiger charge is 1.99. The van der Waals surface area contributed by atoms with Gasteiger partial charge in [-0.05, 0) is 13.0 Å². The number of hydrogen-bond donors (Lipinski definition) is 2. The Morgan fingerprint density at radius 2 is 2.50 bits per heavy atom. The molecule has 12 heavy (non-hydrogen) atoms. The Balaban J connectivity index is 2.57. The molecule has 1 unspecified atom stereocenters. The lowest BCUT2D eigenvalue weighted by molar-refractivity contribution is 0.208. The average molecular weight is 187 g/mol. The van der Waals surface area contributed by atoms with Crippen LogP contribution in [-0.2, 0) is 0 Å². The lowest BCUT2D eigenvalue weighted by atomic mass is 10.3. The molecule has 0 amide bonds.